The number of carbonyl (C=O) groups excluding carboxylic acids is 2. The largest absolute Gasteiger partial charge is 0.503 e. The van der Waals surface area contributed by atoms with Gasteiger partial charge in [0.2, 0.25) is 0 Å². The lowest BCUT2D eigenvalue weighted by molar-refractivity contribution is -0.117. The molecule has 0 spiro atoms. The van der Waals surface area contributed by atoms with Gasteiger partial charge in [0.15, 0.2) is 11.5 Å². The number of aliphatic hydroxyl groups excluding tert-OH is 1. The monoisotopic (exact) mass is 401 g/mol. The molecule has 25 heavy (non-hydrogen) atoms. The molecule has 2 aromatic rings. The van der Waals surface area contributed by atoms with Crippen molar-refractivity contribution in [1.29, 1.82) is 0 Å². The number of benzene rings is 2. The molecule has 0 radical (unpaired) electrons. The molecule has 3 rings (SSSR count). The van der Waals surface area contributed by atoms with E-state index in [1.807, 2.05) is 6.07 Å². The number of methoxy groups -OCH3 is 1. The van der Waals surface area contributed by atoms with Gasteiger partial charge in [-0.05, 0) is 42.8 Å². The van der Waals surface area contributed by atoms with Crippen molar-refractivity contribution in [2.24, 2.45) is 0 Å². The average molecular weight is 402 g/mol. The standard InChI is InChI=1S/C19H16BrNO4/c1-11(22)16-17(12-6-8-15(25-2)9-7-12)21(19(24)18(16)23)14-5-3-4-13(20)10-14/h3-10,17,23H,1-2H3/t17-/m1/s1. The maximum Gasteiger partial charge on any atom is 0.294 e. The fraction of sp³-hybridized carbons (Fsp3) is 0.158. The Bertz CT molecular complexity index is 873. The topological polar surface area (TPSA) is 66.8 Å². The molecule has 1 N–H and O–H groups in total. The van der Waals surface area contributed by atoms with E-state index in [0.717, 1.165) is 4.47 Å². The number of carbonyl (C=O) groups is 2. The van der Waals surface area contributed by atoms with E-state index in [1.165, 1.54) is 11.8 Å². The molecule has 1 amide bonds. The van der Waals surface area contributed by atoms with E-state index >= 15 is 0 Å². The van der Waals surface area contributed by atoms with Crippen LogP contribution in [0.4, 0.5) is 5.69 Å². The van der Waals surface area contributed by atoms with Gasteiger partial charge in [0.05, 0.1) is 18.7 Å². The summed E-state index contributed by atoms with van der Waals surface area (Å²) in [5.41, 5.74) is 1.39. The molecule has 5 nitrogen and oxygen atoms in total. The summed E-state index contributed by atoms with van der Waals surface area (Å²) in [6.07, 6.45) is 0. The zero-order chi connectivity index (χ0) is 18.1. The first-order valence-electron chi connectivity index (χ1n) is 7.61. The maximum absolute atomic E-state index is 12.7. The Labute approximate surface area is 153 Å². The number of hydrogen-bond acceptors (Lipinski definition) is 4. The average Bonchev–Trinajstić information content (AvgIpc) is 2.86. The van der Waals surface area contributed by atoms with Crippen molar-refractivity contribution in [3.8, 4) is 5.75 Å². The molecular weight excluding hydrogens is 386 g/mol. The van der Waals surface area contributed by atoms with Gasteiger partial charge < -0.3 is 9.84 Å². The smallest absolute Gasteiger partial charge is 0.294 e. The Hall–Kier alpha value is -2.60. The Balaban J connectivity index is 2.15. The molecule has 0 aromatic heterocycles. The second-order valence-electron chi connectivity index (χ2n) is 5.65. The van der Waals surface area contributed by atoms with Crippen LogP contribution in [0.1, 0.15) is 18.5 Å². The van der Waals surface area contributed by atoms with Crippen LogP contribution in [-0.2, 0) is 9.59 Å². The summed E-state index contributed by atoms with van der Waals surface area (Å²) < 4.78 is 5.95. The first kappa shape index (κ1) is 17.2. The van der Waals surface area contributed by atoms with Crippen LogP contribution in [0.5, 0.6) is 5.75 Å². The summed E-state index contributed by atoms with van der Waals surface area (Å²) in [6.45, 7) is 1.35. The molecule has 0 saturated carbocycles. The maximum atomic E-state index is 12.7. The molecule has 0 unspecified atom stereocenters. The van der Waals surface area contributed by atoms with Gasteiger partial charge in [-0.3, -0.25) is 14.5 Å². The fourth-order valence-corrected chi connectivity index (χ4v) is 3.35. The first-order valence-corrected chi connectivity index (χ1v) is 8.40. The van der Waals surface area contributed by atoms with Crippen molar-refractivity contribution >= 4 is 33.3 Å². The highest BCUT2D eigenvalue weighted by Gasteiger charge is 2.43. The minimum absolute atomic E-state index is 0.0927. The van der Waals surface area contributed by atoms with Gasteiger partial charge in [-0.25, -0.2) is 0 Å². The summed E-state index contributed by atoms with van der Waals surface area (Å²) in [5, 5.41) is 10.3. The number of halogens is 1. The molecule has 6 heteroatoms. The Morgan fingerprint density at radius 1 is 1.20 bits per heavy atom. The zero-order valence-corrected chi connectivity index (χ0v) is 15.3. The van der Waals surface area contributed by atoms with Crippen molar-refractivity contribution in [3.63, 3.8) is 0 Å². The zero-order valence-electron chi connectivity index (χ0n) is 13.7. The SMILES string of the molecule is COc1ccc([C@@H]2C(C(C)=O)=C(O)C(=O)N2c2cccc(Br)c2)cc1. The highest BCUT2D eigenvalue weighted by Crippen LogP contribution is 2.41. The van der Waals surface area contributed by atoms with Crippen LogP contribution in [0.2, 0.25) is 0 Å². The molecule has 0 bridgehead atoms. The molecule has 128 valence electrons. The molecular formula is C19H16BrNO4. The van der Waals surface area contributed by atoms with Gasteiger partial charge in [-0.2, -0.15) is 0 Å². The predicted molar refractivity (Wildman–Crippen MR) is 97.7 cm³/mol. The van der Waals surface area contributed by atoms with Crippen LogP contribution < -0.4 is 9.64 Å². The summed E-state index contributed by atoms with van der Waals surface area (Å²) in [5.74, 6) is -0.777. The fourth-order valence-electron chi connectivity index (χ4n) is 2.96. The Morgan fingerprint density at radius 3 is 2.44 bits per heavy atom. The molecule has 1 heterocycles. The van der Waals surface area contributed by atoms with Gasteiger partial charge in [-0.15, -0.1) is 0 Å². The van der Waals surface area contributed by atoms with Crippen LogP contribution in [0.15, 0.2) is 64.3 Å². The summed E-state index contributed by atoms with van der Waals surface area (Å²) in [6, 6.07) is 13.5. The quantitative estimate of drug-likeness (QED) is 0.841. The van der Waals surface area contributed by atoms with E-state index in [-0.39, 0.29) is 11.4 Å². The van der Waals surface area contributed by atoms with Crippen LogP contribution >= 0.6 is 15.9 Å². The van der Waals surface area contributed by atoms with E-state index in [4.69, 9.17) is 4.74 Å². The van der Waals surface area contributed by atoms with Crippen molar-refractivity contribution in [1.82, 2.24) is 0 Å². The molecule has 2 aromatic carbocycles. The number of ketones is 1. The third-order valence-corrected chi connectivity index (χ3v) is 4.60. The van der Waals surface area contributed by atoms with Crippen molar-refractivity contribution in [2.75, 3.05) is 12.0 Å². The minimum Gasteiger partial charge on any atom is -0.503 e. The number of rotatable bonds is 4. The van der Waals surface area contributed by atoms with E-state index in [0.29, 0.717) is 17.0 Å². The number of amides is 1. The second-order valence-corrected chi connectivity index (χ2v) is 6.56. The van der Waals surface area contributed by atoms with E-state index in [9.17, 15) is 14.7 Å². The summed E-state index contributed by atoms with van der Waals surface area (Å²) in [7, 11) is 1.56. The van der Waals surface area contributed by atoms with Gasteiger partial charge in [0, 0.05) is 10.2 Å². The van der Waals surface area contributed by atoms with Crippen LogP contribution in [-0.4, -0.2) is 23.9 Å². The third kappa shape index (κ3) is 3.05. The molecule has 1 aliphatic rings. The summed E-state index contributed by atoms with van der Waals surface area (Å²) in [4.78, 5) is 26.2. The van der Waals surface area contributed by atoms with Gasteiger partial charge in [0.25, 0.3) is 5.91 Å². The molecule has 1 atom stereocenters. The highest BCUT2D eigenvalue weighted by molar-refractivity contribution is 9.10. The van der Waals surface area contributed by atoms with Crippen molar-refractivity contribution in [2.45, 2.75) is 13.0 Å². The van der Waals surface area contributed by atoms with Gasteiger partial charge in [0.1, 0.15) is 5.75 Å². The lowest BCUT2D eigenvalue weighted by Crippen LogP contribution is -2.30. The number of nitrogens with zero attached hydrogens (tertiary/aromatic N) is 1. The van der Waals surface area contributed by atoms with Gasteiger partial charge in [-0.1, -0.05) is 34.1 Å². The lowest BCUT2D eigenvalue weighted by atomic mass is 9.96. The number of anilines is 1. The normalized spacial score (nSPS) is 17.2. The third-order valence-electron chi connectivity index (χ3n) is 4.11. The Morgan fingerprint density at radius 2 is 1.88 bits per heavy atom. The lowest BCUT2D eigenvalue weighted by Gasteiger charge is -2.27. The molecule has 0 fully saturated rings. The van der Waals surface area contributed by atoms with E-state index in [2.05, 4.69) is 15.9 Å². The van der Waals surface area contributed by atoms with Crippen molar-refractivity contribution in [3.05, 3.63) is 69.9 Å². The Kier molecular flexibility index (Phi) is 4.63. The molecule has 0 aliphatic carbocycles. The second kappa shape index (κ2) is 6.72. The van der Waals surface area contributed by atoms with Crippen molar-refractivity contribution < 1.29 is 19.4 Å². The highest BCUT2D eigenvalue weighted by atomic mass is 79.9. The summed E-state index contributed by atoms with van der Waals surface area (Å²) >= 11 is 3.39. The van der Waals surface area contributed by atoms with E-state index in [1.54, 1.807) is 49.6 Å². The van der Waals surface area contributed by atoms with Crippen LogP contribution in [0.25, 0.3) is 0 Å². The molecule has 0 saturated heterocycles. The number of Topliss-reactive ketones (excluding diaryl/α,β-unsaturated/α-hetero) is 1. The predicted octanol–water partition coefficient (Wildman–Crippen LogP) is 3.95. The van der Waals surface area contributed by atoms with Gasteiger partial charge >= 0.3 is 0 Å². The molecule has 1 aliphatic heterocycles. The van der Waals surface area contributed by atoms with E-state index < -0.39 is 17.7 Å². The first-order chi connectivity index (χ1) is 11.9. The number of aliphatic hydroxyl groups is 1. The van der Waals surface area contributed by atoms with Crippen LogP contribution in [0, 0.1) is 0 Å². The number of ether oxygens (including phenoxy) is 1. The van der Waals surface area contributed by atoms with Crippen LogP contribution in [0.3, 0.4) is 0 Å². The minimum atomic E-state index is -0.690. The number of hydrogen-bond donors (Lipinski definition) is 1.